The van der Waals surface area contributed by atoms with Gasteiger partial charge in [0.1, 0.15) is 0 Å². The number of carbonyl (C=O) groups excluding carboxylic acids is 4. The van der Waals surface area contributed by atoms with Crippen molar-refractivity contribution in [3.8, 4) is 0 Å². The molecule has 2 amide bonds. The number of carbonyl (C=O) groups is 4. The van der Waals surface area contributed by atoms with Crippen molar-refractivity contribution in [1.82, 2.24) is 0 Å². The minimum absolute atomic E-state index is 0.196. The van der Waals surface area contributed by atoms with E-state index in [1.54, 1.807) is 24.3 Å². The van der Waals surface area contributed by atoms with Crippen molar-refractivity contribution in [2.24, 2.45) is 0 Å². The van der Waals surface area contributed by atoms with Gasteiger partial charge in [0.05, 0.1) is 18.2 Å². The molecule has 0 aliphatic rings. The summed E-state index contributed by atoms with van der Waals surface area (Å²) in [6.07, 6.45) is 0. The average molecular weight is 370 g/mol. The number of amides is 2. The quantitative estimate of drug-likeness (QED) is 0.755. The maximum atomic E-state index is 11.9. The van der Waals surface area contributed by atoms with E-state index < -0.39 is 24.5 Å². The summed E-state index contributed by atoms with van der Waals surface area (Å²) in [7, 11) is 1.26. The molecule has 2 aromatic carbocycles. The molecule has 0 atom stereocenters. The van der Waals surface area contributed by atoms with Gasteiger partial charge in [0.15, 0.2) is 6.61 Å². The van der Waals surface area contributed by atoms with Crippen LogP contribution in [-0.2, 0) is 19.1 Å². The minimum atomic E-state index is -0.692. The Balaban J connectivity index is 1.85. The molecule has 0 heterocycles. The SMILES string of the molecule is COC(=O)c1ccc(C(=O)OCC(=O)Nc2ccc(NC(C)=O)cc2)cc1. The van der Waals surface area contributed by atoms with Crippen LogP contribution in [0.15, 0.2) is 48.5 Å². The highest BCUT2D eigenvalue weighted by Crippen LogP contribution is 2.13. The number of ether oxygens (including phenoxy) is 2. The topological polar surface area (TPSA) is 111 Å². The largest absolute Gasteiger partial charge is 0.465 e. The highest BCUT2D eigenvalue weighted by atomic mass is 16.5. The third kappa shape index (κ3) is 5.96. The molecule has 8 heteroatoms. The Morgan fingerprint density at radius 1 is 0.778 bits per heavy atom. The predicted octanol–water partition coefficient (Wildman–Crippen LogP) is 2.23. The molecule has 0 aromatic heterocycles. The average Bonchev–Trinajstić information content (AvgIpc) is 2.66. The normalized spacial score (nSPS) is 9.85. The summed E-state index contributed by atoms with van der Waals surface area (Å²) in [5.41, 5.74) is 1.60. The van der Waals surface area contributed by atoms with Crippen LogP contribution in [-0.4, -0.2) is 37.5 Å². The molecule has 2 rings (SSSR count). The summed E-state index contributed by atoms with van der Waals surface area (Å²) in [5, 5.41) is 5.18. The van der Waals surface area contributed by atoms with Crippen LogP contribution in [0.1, 0.15) is 27.6 Å². The number of hydrogen-bond donors (Lipinski definition) is 2. The fourth-order valence-electron chi connectivity index (χ4n) is 2.11. The number of esters is 2. The van der Waals surface area contributed by atoms with Gasteiger partial charge in [0.2, 0.25) is 5.91 Å². The summed E-state index contributed by atoms with van der Waals surface area (Å²) in [5.74, 6) is -1.92. The molecule has 0 aliphatic heterocycles. The van der Waals surface area contributed by atoms with E-state index in [0.717, 1.165) is 0 Å². The molecule has 27 heavy (non-hydrogen) atoms. The molecule has 0 radical (unpaired) electrons. The van der Waals surface area contributed by atoms with E-state index in [1.165, 1.54) is 38.3 Å². The molecule has 0 fully saturated rings. The highest BCUT2D eigenvalue weighted by Gasteiger charge is 2.12. The Hall–Kier alpha value is -3.68. The van der Waals surface area contributed by atoms with E-state index in [0.29, 0.717) is 16.9 Å². The van der Waals surface area contributed by atoms with E-state index in [2.05, 4.69) is 15.4 Å². The number of hydrogen-bond acceptors (Lipinski definition) is 6. The summed E-state index contributed by atoms with van der Waals surface area (Å²) in [6.45, 7) is 0.929. The van der Waals surface area contributed by atoms with Gasteiger partial charge in [-0.25, -0.2) is 9.59 Å². The van der Waals surface area contributed by atoms with Crippen molar-refractivity contribution in [3.63, 3.8) is 0 Å². The minimum Gasteiger partial charge on any atom is -0.465 e. The van der Waals surface area contributed by atoms with Crippen LogP contribution in [0.3, 0.4) is 0 Å². The highest BCUT2D eigenvalue weighted by molar-refractivity contribution is 5.96. The first-order valence-electron chi connectivity index (χ1n) is 7.92. The lowest BCUT2D eigenvalue weighted by Gasteiger charge is -2.08. The zero-order chi connectivity index (χ0) is 19.8. The van der Waals surface area contributed by atoms with E-state index in [9.17, 15) is 19.2 Å². The van der Waals surface area contributed by atoms with Gasteiger partial charge in [-0.2, -0.15) is 0 Å². The Morgan fingerprint density at radius 3 is 1.74 bits per heavy atom. The molecule has 8 nitrogen and oxygen atoms in total. The number of rotatable bonds is 6. The van der Waals surface area contributed by atoms with Crippen LogP contribution < -0.4 is 10.6 Å². The van der Waals surface area contributed by atoms with Crippen LogP contribution in [0.5, 0.6) is 0 Å². The smallest absolute Gasteiger partial charge is 0.338 e. The lowest BCUT2D eigenvalue weighted by atomic mass is 10.1. The number of anilines is 2. The first-order valence-corrected chi connectivity index (χ1v) is 7.92. The molecule has 2 aromatic rings. The predicted molar refractivity (Wildman–Crippen MR) is 97.4 cm³/mol. The summed E-state index contributed by atoms with van der Waals surface area (Å²) in [6, 6.07) is 12.2. The summed E-state index contributed by atoms with van der Waals surface area (Å²) >= 11 is 0. The van der Waals surface area contributed by atoms with Gasteiger partial charge in [-0.05, 0) is 48.5 Å². The van der Waals surface area contributed by atoms with Gasteiger partial charge in [0, 0.05) is 18.3 Å². The Labute approximate surface area is 155 Å². The Kier molecular flexibility index (Phi) is 6.65. The number of nitrogens with one attached hydrogen (secondary N) is 2. The Bertz CT molecular complexity index is 844. The lowest BCUT2D eigenvalue weighted by molar-refractivity contribution is -0.119. The molecule has 2 N–H and O–H groups in total. The van der Waals surface area contributed by atoms with Crippen molar-refractivity contribution >= 4 is 35.1 Å². The molecule has 0 aliphatic carbocycles. The van der Waals surface area contributed by atoms with E-state index in [4.69, 9.17) is 4.74 Å². The molecule has 140 valence electrons. The molecule has 0 saturated heterocycles. The number of methoxy groups -OCH3 is 1. The van der Waals surface area contributed by atoms with Crippen molar-refractivity contribution in [2.45, 2.75) is 6.92 Å². The monoisotopic (exact) mass is 370 g/mol. The standard InChI is InChI=1S/C19H18N2O6/c1-12(22)20-15-7-9-16(10-8-15)21-17(23)11-27-19(25)14-5-3-13(4-6-14)18(24)26-2/h3-10H,11H2,1-2H3,(H,20,22)(H,21,23). The van der Waals surface area contributed by atoms with Gasteiger partial charge in [0.25, 0.3) is 5.91 Å². The van der Waals surface area contributed by atoms with Crippen LogP contribution in [0, 0.1) is 0 Å². The van der Waals surface area contributed by atoms with Gasteiger partial charge in [-0.15, -0.1) is 0 Å². The molecular formula is C19H18N2O6. The maximum Gasteiger partial charge on any atom is 0.338 e. The molecule has 0 spiro atoms. The zero-order valence-electron chi connectivity index (χ0n) is 14.8. The van der Waals surface area contributed by atoms with Gasteiger partial charge in [-0.3, -0.25) is 9.59 Å². The van der Waals surface area contributed by atoms with E-state index >= 15 is 0 Å². The van der Waals surface area contributed by atoms with Gasteiger partial charge in [-0.1, -0.05) is 0 Å². The van der Waals surface area contributed by atoms with Crippen molar-refractivity contribution in [3.05, 3.63) is 59.7 Å². The van der Waals surface area contributed by atoms with E-state index in [-0.39, 0.29) is 11.5 Å². The number of benzene rings is 2. The molecule has 0 bridgehead atoms. The molecular weight excluding hydrogens is 352 g/mol. The van der Waals surface area contributed by atoms with Crippen molar-refractivity contribution in [2.75, 3.05) is 24.4 Å². The van der Waals surface area contributed by atoms with Crippen molar-refractivity contribution < 1.29 is 28.7 Å². The fourth-order valence-corrected chi connectivity index (χ4v) is 2.11. The maximum absolute atomic E-state index is 11.9. The van der Waals surface area contributed by atoms with Crippen molar-refractivity contribution in [1.29, 1.82) is 0 Å². The van der Waals surface area contributed by atoms with Gasteiger partial charge < -0.3 is 20.1 Å². The first-order chi connectivity index (χ1) is 12.9. The molecule has 0 unspecified atom stereocenters. The van der Waals surface area contributed by atoms with Crippen LogP contribution in [0.2, 0.25) is 0 Å². The second-order valence-electron chi connectivity index (χ2n) is 5.45. The third-order valence-corrected chi connectivity index (χ3v) is 3.37. The van der Waals surface area contributed by atoms with E-state index in [1.807, 2.05) is 0 Å². The fraction of sp³-hybridized carbons (Fsp3) is 0.158. The third-order valence-electron chi connectivity index (χ3n) is 3.37. The van der Waals surface area contributed by atoms with Crippen LogP contribution >= 0.6 is 0 Å². The second kappa shape index (κ2) is 9.14. The molecule has 0 saturated carbocycles. The lowest BCUT2D eigenvalue weighted by Crippen LogP contribution is -2.21. The Morgan fingerprint density at radius 2 is 1.26 bits per heavy atom. The zero-order valence-corrected chi connectivity index (χ0v) is 14.8. The van der Waals surface area contributed by atoms with Gasteiger partial charge >= 0.3 is 11.9 Å². The first kappa shape index (κ1) is 19.6. The summed E-state index contributed by atoms with van der Waals surface area (Å²) < 4.78 is 9.51. The van der Waals surface area contributed by atoms with Crippen LogP contribution in [0.25, 0.3) is 0 Å². The second-order valence-corrected chi connectivity index (χ2v) is 5.45. The van der Waals surface area contributed by atoms with Crippen LogP contribution in [0.4, 0.5) is 11.4 Å². The summed E-state index contributed by atoms with van der Waals surface area (Å²) in [4.78, 5) is 46.1.